The van der Waals surface area contributed by atoms with Crippen molar-refractivity contribution in [3.05, 3.63) is 114 Å². The van der Waals surface area contributed by atoms with E-state index in [4.69, 9.17) is 24.1 Å². The summed E-state index contributed by atoms with van der Waals surface area (Å²) in [5.74, 6) is 1.84. The number of halogens is 2. The van der Waals surface area contributed by atoms with Crippen molar-refractivity contribution < 1.29 is 18.3 Å². The van der Waals surface area contributed by atoms with Gasteiger partial charge in [-0.05, 0) is 54.0 Å². The number of nitrogens with zero attached hydrogens (tertiary/aromatic N) is 1. The van der Waals surface area contributed by atoms with Gasteiger partial charge in [0.2, 0.25) is 0 Å². The molecule has 1 atom stereocenters. The molecule has 1 aliphatic rings. The van der Waals surface area contributed by atoms with Crippen molar-refractivity contribution >= 4 is 40.5 Å². The minimum Gasteiger partial charge on any atom is -0.517 e. The van der Waals surface area contributed by atoms with Crippen molar-refractivity contribution in [3.8, 4) is 5.75 Å². The summed E-state index contributed by atoms with van der Waals surface area (Å²) in [6.07, 6.45) is 1.26. The molecule has 1 fully saturated rings. The van der Waals surface area contributed by atoms with Crippen LogP contribution in [0.4, 0.5) is 5.69 Å². The molecule has 0 aliphatic carbocycles. The summed E-state index contributed by atoms with van der Waals surface area (Å²) >= 11 is -1.77. The Bertz CT molecular complexity index is 1570. The first kappa shape index (κ1) is 34.7. The predicted molar refractivity (Wildman–Crippen MR) is 190 cm³/mol. The van der Waals surface area contributed by atoms with Gasteiger partial charge in [0.15, 0.2) is 0 Å². The molecule has 0 N–H and O–H groups in total. The molecule has 2 nitrogen and oxygen atoms in total. The number of ether oxygens (including phenoxy) is 1. The zero-order chi connectivity index (χ0) is 32.2. The second kappa shape index (κ2) is 14.5. The van der Waals surface area contributed by atoms with Crippen molar-refractivity contribution in [3.63, 3.8) is 0 Å². The Morgan fingerprint density at radius 2 is 1.34 bits per heavy atom. The molecule has 238 valence electrons. The van der Waals surface area contributed by atoms with E-state index >= 15 is 0 Å². The summed E-state index contributed by atoms with van der Waals surface area (Å²) in [6.45, 7) is 23.0. The first-order valence-corrected chi connectivity index (χ1v) is 21.1. The summed E-state index contributed by atoms with van der Waals surface area (Å²) in [5.41, 5.74) is 6.79. The molecule has 44 heavy (non-hydrogen) atoms. The monoisotopic (exact) mass is 718 g/mol. The molecular weight excluding hydrogens is 670 g/mol. The molecule has 0 bridgehead atoms. The molecule has 0 spiro atoms. The second-order valence-corrected chi connectivity index (χ2v) is 19.3. The topological polar surface area (TPSA) is 12.5 Å². The average molecular weight is 719 g/mol. The van der Waals surface area contributed by atoms with Gasteiger partial charge in [-0.2, -0.15) is 0 Å². The Morgan fingerprint density at radius 3 is 1.95 bits per heavy atom. The van der Waals surface area contributed by atoms with Crippen LogP contribution in [0.25, 0.3) is 10.8 Å². The maximum atomic E-state index is 5.82. The van der Waals surface area contributed by atoms with Crippen molar-refractivity contribution in [2.45, 2.75) is 97.6 Å². The molecule has 0 unspecified atom stereocenters. The number of hydrogen-bond acceptors (Lipinski definition) is 2. The Balaban J connectivity index is 0.000000265. The maximum absolute atomic E-state index is 5.82. The quantitative estimate of drug-likeness (QED) is 0.139. The SMILES string of the molecule is CC(C)Oc1ccccc1[CH]=[Ru]([Cl])[Cl].CC(C)c1cccc(C(C)C)c1N1[CH-][C@@](C)(c2cccc3ccccc23)CC1(C)C. The summed E-state index contributed by atoms with van der Waals surface area (Å²) in [5, 5.41) is 2.70. The third-order valence-corrected chi connectivity index (χ3v) is 10.2. The van der Waals surface area contributed by atoms with Gasteiger partial charge in [-0.1, -0.05) is 101 Å². The molecule has 1 saturated heterocycles. The van der Waals surface area contributed by atoms with Gasteiger partial charge in [-0.3, -0.25) is 0 Å². The van der Waals surface area contributed by atoms with E-state index < -0.39 is 13.5 Å². The van der Waals surface area contributed by atoms with E-state index in [1.165, 1.54) is 33.2 Å². The number of fused-ring (bicyclic) bond motifs is 1. The average Bonchev–Trinajstić information content (AvgIpc) is 3.21. The van der Waals surface area contributed by atoms with Crippen LogP contribution in [0.5, 0.6) is 5.75 Å². The number of para-hydroxylation sites is 2. The van der Waals surface area contributed by atoms with Gasteiger partial charge in [0, 0.05) is 11.2 Å². The maximum Gasteiger partial charge on any atom is 0.0145 e. The molecule has 5 rings (SSSR count). The standard InChI is InChI=1S/C29H36N.C10H12O.2ClH.Ru/c1-20(2)23-15-11-16-24(21(3)4)27(23)30-19-29(7,18-28(30,5)6)26-17-10-13-22-12-8-9-14-25(22)26;1-8(2)11-10-7-5-4-6-9(10)3;;;/h8-17,19-21H,18H2,1-7H3;3-8H,1-2H3;2*1H;/q-1;;;;+2/p-2/t29-;;;;/m0..../s1. The Hall–Kier alpha value is -2.19. The van der Waals surface area contributed by atoms with Crippen LogP contribution in [0.2, 0.25) is 0 Å². The van der Waals surface area contributed by atoms with Gasteiger partial charge in [0.25, 0.3) is 0 Å². The molecule has 4 aromatic rings. The van der Waals surface area contributed by atoms with Gasteiger partial charge in [-0.25, -0.2) is 6.54 Å². The number of hydrogen-bond donors (Lipinski definition) is 0. The van der Waals surface area contributed by atoms with E-state index in [2.05, 4.69) is 121 Å². The molecule has 1 heterocycles. The van der Waals surface area contributed by atoms with E-state index in [1.807, 2.05) is 42.7 Å². The van der Waals surface area contributed by atoms with Crippen LogP contribution < -0.4 is 9.64 Å². The van der Waals surface area contributed by atoms with E-state index in [0.717, 1.165) is 17.7 Å². The summed E-state index contributed by atoms with van der Waals surface area (Å²) in [7, 11) is 11.6. The second-order valence-electron chi connectivity index (χ2n) is 13.5. The normalized spacial score (nSPS) is 18.0. The number of benzene rings is 4. The van der Waals surface area contributed by atoms with Crippen LogP contribution in [-0.2, 0) is 18.9 Å². The minimum atomic E-state index is -1.77. The van der Waals surface area contributed by atoms with Gasteiger partial charge < -0.3 is 4.90 Å². The number of anilines is 1. The van der Waals surface area contributed by atoms with Crippen molar-refractivity contribution in [1.82, 2.24) is 0 Å². The molecule has 0 amide bonds. The van der Waals surface area contributed by atoms with Gasteiger partial charge in [0.1, 0.15) is 0 Å². The Labute approximate surface area is 279 Å². The summed E-state index contributed by atoms with van der Waals surface area (Å²) < 4.78 is 7.51. The van der Waals surface area contributed by atoms with Crippen LogP contribution in [0.3, 0.4) is 0 Å². The summed E-state index contributed by atoms with van der Waals surface area (Å²) in [4.78, 5) is 2.61. The molecule has 1 aliphatic heterocycles. The Kier molecular flexibility index (Phi) is 11.4. The first-order valence-electron chi connectivity index (χ1n) is 15.6. The van der Waals surface area contributed by atoms with E-state index in [-0.39, 0.29) is 17.1 Å². The van der Waals surface area contributed by atoms with Crippen molar-refractivity contribution in [2.75, 3.05) is 4.90 Å². The van der Waals surface area contributed by atoms with E-state index in [0.29, 0.717) is 11.8 Å². The molecule has 4 aromatic carbocycles. The number of rotatable bonds is 7. The van der Waals surface area contributed by atoms with Crippen LogP contribution >= 0.6 is 19.4 Å². The van der Waals surface area contributed by atoms with Crippen LogP contribution in [0, 0.1) is 6.54 Å². The molecule has 0 aromatic heterocycles. The van der Waals surface area contributed by atoms with Gasteiger partial charge in [-0.15, -0.1) is 5.41 Å². The fraction of sp³-hybridized carbons (Fsp3) is 0.385. The van der Waals surface area contributed by atoms with Crippen molar-refractivity contribution in [2.24, 2.45) is 0 Å². The van der Waals surface area contributed by atoms with E-state index in [1.54, 1.807) is 0 Å². The minimum absolute atomic E-state index is 0.0112. The van der Waals surface area contributed by atoms with Crippen LogP contribution in [0.1, 0.15) is 103 Å². The van der Waals surface area contributed by atoms with Crippen LogP contribution in [0.15, 0.2) is 84.9 Å². The van der Waals surface area contributed by atoms with Gasteiger partial charge >= 0.3 is 97.8 Å². The van der Waals surface area contributed by atoms with Crippen LogP contribution in [-0.4, -0.2) is 16.3 Å². The smallest absolute Gasteiger partial charge is 0.0145 e. The zero-order valence-electron chi connectivity index (χ0n) is 27.6. The predicted octanol–water partition coefficient (Wildman–Crippen LogP) is 11.7. The molecule has 0 saturated carbocycles. The molecule has 0 radical (unpaired) electrons. The zero-order valence-corrected chi connectivity index (χ0v) is 30.9. The van der Waals surface area contributed by atoms with Gasteiger partial charge in [0.05, 0.1) is 0 Å². The van der Waals surface area contributed by atoms with E-state index in [9.17, 15) is 0 Å². The third kappa shape index (κ3) is 7.96. The fourth-order valence-corrected chi connectivity index (χ4v) is 8.35. The Morgan fingerprint density at radius 1 is 0.773 bits per heavy atom. The molecular formula is C39H48Cl2NORu-. The molecule has 5 heteroatoms. The first-order chi connectivity index (χ1) is 20.7. The van der Waals surface area contributed by atoms with Crippen molar-refractivity contribution in [1.29, 1.82) is 0 Å². The summed E-state index contributed by atoms with van der Waals surface area (Å²) in [6, 6.07) is 30.2. The third-order valence-electron chi connectivity index (χ3n) is 8.32. The fourth-order valence-electron chi connectivity index (χ4n) is 6.54. The largest absolute Gasteiger partial charge is 0.517 e.